The fourth-order valence-corrected chi connectivity index (χ4v) is 2.52. The van der Waals surface area contributed by atoms with Gasteiger partial charge in [-0.25, -0.2) is 12.7 Å². The Morgan fingerprint density at radius 2 is 1.95 bits per heavy atom. The highest BCUT2D eigenvalue weighted by Gasteiger charge is 2.19. The molecule has 1 atom stereocenters. The first-order valence-electron chi connectivity index (χ1n) is 5.91. The lowest BCUT2D eigenvalue weighted by Crippen LogP contribution is -2.36. The number of nitrogens with zero attached hydrogens (tertiary/aromatic N) is 1. The summed E-state index contributed by atoms with van der Waals surface area (Å²) in [4.78, 5) is 0. The molecule has 0 aliphatic carbocycles. The van der Waals surface area contributed by atoms with Crippen LogP contribution in [0.3, 0.4) is 0 Å². The third-order valence-electron chi connectivity index (χ3n) is 2.49. The highest BCUT2D eigenvalue weighted by atomic mass is 32.2. The quantitative estimate of drug-likeness (QED) is 0.703. The summed E-state index contributed by atoms with van der Waals surface area (Å²) in [6.07, 6.45) is -0.696. The zero-order valence-corrected chi connectivity index (χ0v) is 11.9. The Balaban J connectivity index is 2.45. The second-order valence-electron chi connectivity index (χ2n) is 4.36. The molecule has 0 aromatic heterocycles. The van der Waals surface area contributed by atoms with E-state index in [0.717, 1.165) is 4.31 Å². The van der Waals surface area contributed by atoms with Crippen molar-refractivity contribution in [3.05, 3.63) is 24.3 Å². The number of hydrogen-bond acceptors (Lipinski definition) is 5. The van der Waals surface area contributed by atoms with Gasteiger partial charge in [-0.2, -0.15) is 0 Å². The van der Waals surface area contributed by atoms with E-state index in [-0.39, 0.29) is 18.9 Å². The number of ether oxygens (including phenoxy) is 1. The summed E-state index contributed by atoms with van der Waals surface area (Å²) in [5, 5.41) is 9.17. The van der Waals surface area contributed by atoms with Gasteiger partial charge in [0.25, 0.3) is 0 Å². The smallest absolute Gasteiger partial charge is 0.217 e. The molecule has 0 bridgehead atoms. The molecule has 0 radical (unpaired) electrons. The number of rotatable bonds is 7. The number of anilines is 1. The van der Waals surface area contributed by atoms with Crippen LogP contribution in [0.1, 0.15) is 6.92 Å². The third kappa shape index (κ3) is 5.46. The van der Waals surface area contributed by atoms with E-state index in [1.807, 2.05) is 0 Å². The fraction of sp³-hybridized carbons (Fsp3) is 0.500. The van der Waals surface area contributed by atoms with Crippen molar-refractivity contribution in [1.82, 2.24) is 4.31 Å². The lowest BCUT2D eigenvalue weighted by molar-refractivity contribution is 0.171. The Hall–Kier alpha value is -1.31. The topological polar surface area (TPSA) is 92.9 Å². The van der Waals surface area contributed by atoms with E-state index in [1.165, 1.54) is 14.0 Å². The van der Waals surface area contributed by atoms with Gasteiger partial charge in [0, 0.05) is 19.3 Å². The molecule has 7 heteroatoms. The predicted molar refractivity (Wildman–Crippen MR) is 74.4 cm³/mol. The Morgan fingerprint density at radius 3 is 2.47 bits per heavy atom. The second kappa shape index (κ2) is 6.74. The predicted octanol–water partition coefficient (Wildman–Crippen LogP) is 0.290. The number of sulfonamides is 1. The lowest BCUT2D eigenvalue weighted by atomic mass is 10.3. The van der Waals surface area contributed by atoms with Gasteiger partial charge in [0.05, 0.1) is 11.9 Å². The standard InChI is InChI=1S/C12H20N2O4S/c1-10(15)9-14(2)19(16,17)8-7-18-12-5-3-11(13)4-6-12/h3-6,10,15H,7-9,13H2,1-2H3. The molecule has 0 spiro atoms. The maximum absolute atomic E-state index is 11.8. The molecule has 19 heavy (non-hydrogen) atoms. The van der Waals surface area contributed by atoms with E-state index in [1.54, 1.807) is 24.3 Å². The van der Waals surface area contributed by atoms with Crippen molar-refractivity contribution in [1.29, 1.82) is 0 Å². The highest BCUT2D eigenvalue weighted by molar-refractivity contribution is 7.89. The van der Waals surface area contributed by atoms with Crippen LogP contribution in [-0.4, -0.2) is 49.9 Å². The molecule has 1 unspecified atom stereocenters. The molecule has 0 heterocycles. The van der Waals surface area contributed by atoms with Gasteiger partial charge in [-0.1, -0.05) is 0 Å². The molecular formula is C12H20N2O4S. The number of likely N-dealkylation sites (N-methyl/N-ethyl adjacent to an activating group) is 1. The average Bonchev–Trinajstić information content (AvgIpc) is 2.30. The first kappa shape index (κ1) is 15.7. The van der Waals surface area contributed by atoms with E-state index < -0.39 is 16.1 Å². The van der Waals surface area contributed by atoms with Crippen LogP contribution in [0.4, 0.5) is 5.69 Å². The minimum Gasteiger partial charge on any atom is -0.492 e. The van der Waals surface area contributed by atoms with Crippen LogP contribution in [0.15, 0.2) is 24.3 Å². The van der Waals surface area contributed by atoms with Crippen molar-refractivity contribution in [2.45, 2.75) is 13.0 Å². The van der Waals surface area contributed by atoms with Gasteiger partial charge in [-0.15, -0.1) is 0 Å². The highest BCUT2D eigenvalue weighted by Crippen LogP contribution is 2.13. The van der Waals surface area contributed by atoms with E-state index in [9.17, 15) is 8.42 Å². The Bertz CT molecular complexity index is 485. The van der Waals surface area contributed by atoms with Gasteiger partial charge < -0.3 is 15.6 Å². The fourth-order valence-electron chi connectivity index (χ4n) is 1.47. The summed E-state index contributed by atoms with van der Waals surface area (Å²) in [5.74, 6) is 0.434. The molecule has 108 valence electrons. The van der Waals surface area contributed by atoms with Crippen molar-refractivity contribution < 1.29 is 18.3 Å². The summed E-state index contributed by atoms with van der Waals surface area (Å²) < 4.78 is 30.1. The van der Waals surface area contributed by atoms with Crippen molar-refractivity contribution in [2.75, 3.05) is 31.7 Å². The Morgan fingerprint density at radius 1 is 1.37 bits per heavy atom. The van der Waals surface area contributed by atoms with Gasteiger partial charge in [0.15, 0.2) is 0 Å². The summed E-state index contributed by atoms with van der Waals surface area (Å²) in [5.41, 5.74) is 6.15. The van der Waals surface area contributed by atoms with Crippen LogP contribution in [0, 0.1) is 0 Å². The van der Waals surface area contributed by atoms with E-state index in [2.05, 4.69) is 0 Å². The number of nitrogens with two attached hydrogens (primary N) is 1. The number of aliphatic hydroxyl groups is 1. The molecule has 1 aromatic carbocycles. The van der Waals surface area contributed by atoms with Gasteiger partial charge in [0.2, 0.25) is 10.0 Å². The maximum Gasteiger partial charge on any atom is 0.217 e. The molecule has 0 saturated heterocycles. The molecule has 0 aliphatic heterocycles. The van der Waals surface area contributed by atoms with Gasteiger partial charge in [-0.3, -0.25) is 0 Å². The van der Waals surface area contributed by atoms with Gasteiger partial charge in [0.1, 0.15) is 12.4 Å². The molecule has 0 saturated carbocycles. The lowest BCUT2D eigenvalue weighted by Gasteiger charge is -2.18. The Kier molecular flexibility index (Phi) is 5.59. The molecule has 1 aromatic rings. The maximum atomic E-state index is 11.8. The van der Waals surface area contributed by atoms with E-state index in [4.69, 9.17) is 15.6 Å². The normalized spacial score (nSPS) is 13.5. The number of benzene rings is 1. The number of hydrogen-bond donors (Lipinski definition) is 2. The third-order valence-corrected chi connectivity index (χ3v) is 4.27. The summed E-state index contributed by atoms with van der Waals surface area (Å²) in [6, 6.07) is 6.73. The summed E-state index contributed by atoms with van der Waals surface area (Å²) in [7, 11) is -1.97. The molecule has 0 aliphatic rings. The Labute approximate surface area is 113 Å². The molecule has 0 amide bonds. The zero-order chi connectivity index (χ0) is 14.5. The first-order chi connectivity index (χ1) is 8.81. The molecular weight excluding hydrogens is 268 g/mol. The molecule has 1 rings (SSSR count). The summed E-state index contributed by atoms with van der Waals surface area (Å²) >= 11 is 0. The molecule has 6 nitrogen and oxygen atoms in total. The van der Waals surface area contributed by atoms with Crippen LogP contribution >= 0.6 is 0 Å². The zero-order valence-electron chi connectivity index (χ0n) is 11.1. The van der Waals surface area contributed by atoms with Crippen molar-refractivity contribution >= 4 is 15.7 Å². The van der Waals surface area contributed by atoms with Crippen molar-refractivity contribution in [3.8, 4) is 5.75 Å². The minimum absolute atomic E-state index is 0.0520. The average molecular weight is 288 g/mol. The van der Waals surface area contributed by atoms with Crippen molar-refractivity contribution in [3.63, 3.8) is 0 Å². The van der Waals surface area contributed by atoms with Gasteiger partial charge >= 0.3 is 0 Å². The van der Waals surface area contributed by atoms with Crippen molar-refractivity contribution in [2.24, 2.45) is 0 Å². The van der Waals surface area contributed by atoms with Crippen LogP contribution in [0.2, 0.25) is 0 Å². The van der Waals surface area contributed by atoms with Crippen LogP contribution < -0.4 is 10.5 Å². The largest absolute Gasteiger partial charge is 0.492 e. The van der Waals surface area contributed by atoms with Crippen LogP contribution in [0.25, 0.3) is 0 Å². The second-order valence-corrected chi connectivity index (χ2v) is 6.56. The number of aliphatic hydroxyl groups excluding tert-OH is 1. The first-order valence-corrected chi connectivity index (χ1v) is 7.52. The van der Waals surface area contributed by atoms with Gasteiger partial charge in [-0.05, 0) is 31.2 Å². The minimum atomic E-state index is -3.41. The SMILES string of the molecule is CC(O)CN(C)S(=O)(=O)CCOc1ccc(N)cc1. The molecule has 3 N–H and O–H groups in total. The monoisotopic (exact) mass is 288 g/mol. The van der Waals surface area contributed by atoms with E-state index in [0.29, 0.717) is 11.4 Å². The van der Waals surface area contributed by atoms with Crippen LogP contribution in [0.5, 0.6) is 5.75 Å². The molecule has 0 fully saturated rings. The number of nitrogen functional groups attached to an aromatic ring is 1. The van der Waals surface area contributed by atoms with Crippen LogP contribution in [-0.2, 0) is 10.0 Å². The summed E-state index contributed by atoms with van der Waals surface area (Å²) in [6.45, 7) is 1.66. The van der Waals surface area contributed by atoms with E-state index >= 15 is 0 Å².